The fourth-order valence-electron chi connectivity index (χ4n) is 3.30. The van der Waals surface area contributed by atoms with Crippen molar-refractivity contribution in [3.8, 4) is 0 Å². The van der Waals surface area contributed by atoms with E-state index >= 15 is 0 Å². The second kappa shape index (κ2) is 7.82. The van der Waals surface area contributed by atoms with E-state index in [1.165, 1.54) is 30.6 Å². The van der Waals surface area contributed by atoms with Crippen LogP contribution in [0.25, 0.3) is 0 Å². The van der Waals surface area contributed by atoms with Crippen molar-refractivity contribution < 1.29 is 22.7 Å². The van der Waals surface area contributed by atoms with Crippen LogP contribution in [0.5, 0.6) is 0 Å². The van der Waals surface area contributed by atoms with E-state index in [0.29, 0.717) is 10.6 Å². The monoisotopic (exact) mass is 407 g/mol. The quantitative estimate of drug-likeness (QED) is 0.619. The van der Waals surface area contributed by atoms with E-state index in [0.717, 1.165) is 48.8 Å². The highest BCUT2D eigenvalue weighted by molar-refractivity contribution is 7.90. The number of ether oxygens (including phenoxy) is 1. The summed E-state index contributed by atoms with van der Waals surface area (Å²) >= 11 is 1.37. The number of sulfone groups is 1. The third kappa shape index (κ3) is 4.06. The number of fused-ring (bicyclic) bond motifs is 1. The fraction of sp³-hybridized carbons (Fsp3) is 0.368. The number of aryl methyl sites for hydroxylation is 1. The third-order valence-corrected chi connectivity index (χ3v) is 6.93. The third-order valence-electron chi connectivity index (χ3n) is 4.57. The smallest absolute Gasteiger partial charge is 0.341 e. The predicted molar refractivity (Wildman–Crippen MR) is 104 cm³/mol. The molecule has 144 valence electrons. The zero-order valence-corrected chi connectivity index (χ0v) is 16.8. The molecule has 27 heavy (non-hydrogen) atoms. The molecule has 0 atom stereocenters. The molecule has 1 aliphatic carbocycles. The van der Waals surface area contributed by atoms with Crippen LogP contribution in [0, 0.1) is 0 Å². The van der Waals surface area contributed by atoms with Gasteiger partial charge < -0.3 is 10.1 Å². The fourth-order valence-corrected chi connectivity index (χ4v) is 5.46. The standard InChI is InChI=1S/C19H21NO5S2/c1-25-19(22)16-12-8-4-3-5-10-14(12)26-18(16)20-17(21)13-9-6-7-11-15(13)27(2,23)24/h6-7,9,11H,3-5,8,10H2,1-2H3,(H,20,21). The zero-order chi connectivity index (χ0) is 19.6. The number of thiophene rings is 1. The molecule has 0 radical (unpaired) electrons. The Morgan fingerprint density at radius 2 is 1.81 bits per heavy atom. The molecule has 0 fully saturated rings. The summed E-state index contributed by atoms with van der Waals surface area (Å²) in [6.45, 7) is 0. The minimum absolute atomic E-state index is 0.0414. The van der Waals surface area contributed by atoms with Crippen LogP contribution in [-0.4, -0.2) is 33.7 Å². The van der Waals surface area contributed by atoms with Crippen molar-refractivity contribution in [2.75, 3.05) is 18.7 Å². The van der Waals surface area contributed by atoms with Gasteiger partial charge in [-0.3, -0.25) is 4.79 Å². The number of methoxy groups -OCH3 is 1. The van der Waals surface area contributed by atoms with Crippen molar-refractivity contribution in [1.29, 1.82) is 0 Å². The summed E-state index contributed by atoms with van der Waals surface area (Å²) < 4.78 is 28.9. The minimum Gasteiger partial charge on any atom is -0.465 e. The van der Waals surface area contributed by atoms with E-state index < -0.39 is 21.7 Å². The van der Waals surface area contributed by atoms with Crippen molar-refractivity contribution in [2.45, 2.75) is 37.0 Å². The van der Waals surface area contributed by atoms with Gasteiger partial charge in [0.15, 0.2) is 9.84 Å². The first-order valence-electron chi connectivity index (χ1n) is 8.66. The SMILES string of the molecule is COC(=O)c1c(NC(=O)c2ccccc2S(C)(=O)=O)sc2c1CCCCC2. The summed E-state index contributed by atoms with van der Waals surface area (Å²) in [5.41, 5.74) is 1.39. The largest absolute Gasteiger partial charge is 0.465 e. The Hall–Kier alpha value is -2.19. The number of carbonyl (C=O) groups is 2. The molecule has 8 heteroatoms. The van der Waals surface area contributed by atoms with E-state index in [1.54, 1.807) is 12.1 Å². The summed E-state index contributed by atoms with van der Waals surface area (Å²) in [4.78, 5) is 26.2. The number of benzene rings is 1. The van der Waals surface area contributed by atoms with Crippen molar-refractivity contribution in [3.63, 3.8) is 0 Å². The Balaban J connectivity index is 2.02. The molecular weight excluding hydrogens is 386 g/mol. The number of anilines is 1. The van der Waals surface area contributed by atoms with Crippen LogP contribution >= 0.6 is 11.3 Å². The molecule has 0 saturated carbocycles. The van der Waals surface area contributed by atoms with Gasteiger partial charge in [-0.25, -0.2) is 13.2 Å². The maximum atomic E-state index is 12.8. The molecule has 6 nitrogen and oxygen atoms in total. The van der Waals surface area contributed by atoms with Gasteiger partial charge in [-0.1, -0.05) is 18.6 Å². The van der Waals surface area contributed by atoms with Gasteiger partial charge in [-0.2, -0.15) is 0 Å². The van der Waals surface area contributed by atoms with Gasteiger partial charge in [0.2, 0.25) is 0 Å². The van der Waals surface area contributed by atoms with Crippen molar-refractivity contribution in [2.24, 2.45) is 0 Å². The normalized spacial score (nSPS) is 14.1. The number of rotatable bonds is 4. The van der Waals surface area contributed by atoms with Gasteiger partial charge in [-0.05, 0) is 43.4 Å². The second-order valence-electron chi connectivity index (χ2n) is 6.48. The van der Waals surface area contributed by atoms with E-state index in [1.807, 2.05) is 0 Å². The molecule has 0 aliphatic heterocycles. The van der Waals surface area contributed by atoms with Crippen LogP contribution in [0.15, 0.2) is 29.2 Å². The van der Waals surface area contributed by atoms with Gasteiger partial charge in [0.25, 0.3) is 5.91 Å². The van der Waals surface area contributed by atoms with Crippen LogP contribution in [0.4, 0.5) is 5.00 Å². The number of amides is 1. The number of hydrogen-bond donors (Lipinski definition) is 1. The van der Waals surface area contributed by atoms with Crippen LogP contribution in [0.2, 0.25) is 0 Å². The molecule has 1 N–H and O–H groups in total. The van der Waals surface area contributed by atoms with Crippen LogP contribution < -0.4 is 5.32 Å². The highest BCUT2D eigenvalue weighted by Crippen LogP contribution is 2.38. The number of hydrogen-bond acceptors (Lipinski definition) is 6. The first kappa shape index (κ1) is 19.6. The molecule has 1 amide bonds. The molecule has 1 aromatic heterocycles. The van der Waals surface area contributed by atoms with E-state index in [9.17, 15) is 18.0 Å². The highest BCUT2D eigenvalue weighted by Gasteiger charge is 2.27. The Kier molecular flexibility index (Phi) is 5.67. The zero-order valence-electron chi connectivity index (χ0n) is 15.2. The van der Waals surface area contributed by atoms with Gasteiger partial charge in [0.05, 0.1) is 23.1 Å². The molecule has 0 saturated heterocycles. The first-order chi connectivity index (χ1) is 12.8. The Morgan fingerprint density at radius 1 is 1.11 bits per heavy atom. The Morgan fingerprint density at radius 3 is 2.52 bits per heavy atom. The molecule has 0 spiro atoms. The average Bonchev–Trinajstić information content (AvgIpc) is 2.81. The van der Waals surface area contributed by atoms with E-state index in [-0.39, 0.29) is 10.5 Å². The van der Waals surface area contributed by atoms with Crippen LogP contribution in [-0.2, 0) is 27.4 Å². The van der Waals surface area contributed by atoms with Crippen molar-refractivity contribution in [1.82, 2.24) is 0 Å². The lowest BCUT2D eigenvalue weighted by atomic mass is 10.1. The molecule has 1 aromatic carbocycles. The lowest BCUT2D eigenvalue weighted by molar-refractivity contribution is 0.0601. The van der Waals surface area contributed by atoms with Crippen molar-refractivity contribution in [3.05, 3.63) is 45.8 Å². The summed E-state index contributed by atoms with van der Waals surface area (Å²) in [6.07, 6.45) is 5.82. The number of esters is 1. The summed E-state index contributed by atoms with van der Waals surface area (Å²) in [6, 6.07) is 6.03. The predicted octanol–water partition coefficient (Wildman–Crippen LogP) is 3.46. The highest BCUT2D eigenvalue weighted by atomic mass is 32.2. The van der Waals surface area contributed by atoms with Crippen LogP contribution in [0.1, 0.15) is 50.4 Å². The second-order valence-corrected chi connectivity index (χ2v) is 9.57. The van der Waals surface area contributed by atoms with Crippen molar-refractivity contribution >= 4 is 38.1 Å². The summed E-state index contributed by atoms with van der Waals surface area (Å²) in [7, 11) is -2.24. The number of carbonyl (C=O) groups excluding carboxylic acids is 2. The maximum absolute atomic E-state index is 12.8. The van der Waals surface area contributed by atoms with Gasteiger partial charge in [0, 0.05) is 11.1 Å². The molecule has 2 aromatic rings. The maximum Gasteiger partial charge on any atom is 0.341 e. The summed E-state index contributed by atoms with van der Waals surface area (Å²) in [5, 5.41) is 3.17. The first-order valence-corrected chi connectivity index (χ1v) is 11.4. The topological polar surface area (TPSA) is 89.5 Å². The molecule has 0 bridgehead atoms. The van der Waals surface area contributed by atoms with Crippen LogP contribution in [0.3, 0.4) is 0 Å². The minimum atomic E-state index is -3.56. The van der Waals surface area contributed by atoms with Gasteiger partial charge >= 0.3 is 5.97 Å². The molecule has 0 unspecified atom stereocenters. The summed E-state index contributed by atoms with van der Waals surface area (Å²) in [5.74, 6) is -1.04. The lowest BCUT2D eigenvalue weighted by Crippen LogP contribution is -2.17. The van der Waals surface area contributed by atoms with Gasteiger partial charge in [-0.15, -0.1) is 11.3 Å². The van der Waals surface area contributed by atoms with Gasteiger partial charge in [0.1, 0.15) is 5.00 Å². The molecule has 1 aliphatic rings. The van der Waals surface area contributed by atoms with E-state index in [2.05, 4.69) is 5.32 Å². The lowest BCUT2D eigenvalue weighted by Gasteiger charge is -2.10. The van der Waals surface area contributed by atoms with E-state index in [4.69, 9.17) is 4.74 Å². The Bertz CT molecular complexity index is 992. The molecule has 3 rings (SSSR count). The number of nitrogens with one attached hydrogen (secondary N) is 1. The molecular formula is C19H21NO5S2. The Labute approximate surface area is 162 Å². The average molecular weight is 408 g/mol. The molecule has 1 heterocycles.